The quantitative estimate of drug-likeness (QED) is 0.613. The Labute approximate surface area is 184 Å². The van der Waals surface area contributed by atoms with E-state index in [1.807, 2.05) is 45.0 Å². The zero-order valence-corrected chi connectivity index (χ0v) is 18.9. The summed E-state index contributed by atoms with van der Waals surface area (Å²) in [6.07, 6.45) is 6.32. The van der Waals surface area contributed by atoms with Gasteiger partial charge in [-0.1, -0.05) is 12.1 Å². The van der Waals surface area contributed by atoms with Gasteiger partial charge < -0.3 is 14.8 Å². The minimum atomic E-state index is -0.301. The summed E-state index contributed by atoms with van der Waals surface area (Å²) >= 11 is 0. The third kappa shape index (κ3) is 6.94. The van der Waals surface area contributed by atoms with Crippen LogP contribution in [0.15, 0.2) is 36.5 Å². The Kier molecular flexibility index (Phi) is 7.88. The molecule has 3 rings (SSSR count). The summed E-state index contributed by atoms with van der Waals surface area (Å²) in [4.78, 5) is 15.5. The molecule has 168 valence electrons. The minimum absolute atomic E-state index is 0.00835. The summed E-state index contributed by atoms with van der Waals surface area (Å²) in [5.41, 5.74) is 1.54. The van der Waals surface area contributed by atoms with E-state index in [0.717, 1.165) is 37.0 Å². The first-order valence-electron chi connectivity index (χ1n) is 11.1. The smallest absolute Gasteiger partial charge is 0.217 e. The van der Waals surface area contributed by atoms with Crippen LogP contribution in [-0.4, -0.2) is 23.1 Å². The van der Waals surface area contributed by atoms with E-state index < -0.39 is 0 Å². The molecule has 0 aliphatic heterocycles. The first kappa shape index (κ1) is 23.0. The SMILES string of the molecule is CC(=O)NC(C)c1ccc(OC2CCCC(Cc3ncc(OC(C)C)cc3F)C2)cc1. The van der Waals surface area contributed by atoms with Gasteiger partial charge in [-0.05, 0) is 76.5 Å². The number of carbonyl (C=O) groups is 1. The Morgan fingerprint density at radius 1 is 1.19 bits per heavy atom. The van der Waals surface area contributed by atoms with Crippen molar-refractivity contribution in [2.45, 2.75) is 78.0 Å². The van der Waals surface area contributed by atoms with Gasteiger partial charge in [-0.15, -0.1) is 0 Å². The standard InChI is InChI=1S/C25H33FN2O3/c1-16(2)30-23-14-24(26)25(27-15-23)13-19-6-5-7-22(12-19)31-21-10-8-20(9-11-21)17(3)28-18(4)29/h8-11,14-17,19,22H,5-7,12-13H2,1-4H3,(H,28,29). The third-order valence-electron chi connectivity index (χ3n) is 5.58. The van der Waals surface area contributed by atoms with E-state index in [0.29, 0.717) is 23.8 Å². The number of hydrogen-bond acceptors (Lipinski definition) is 4. The fourth-order valence-corrected chi connectivity index (χ4v) is 4.16. The number of pyridine rings is 1. The van der Waals surface area contributed by atoms with Gasteiger partial charge in [0.15, 0.2) is 0 Å². The number of rotatable bonds is 8. The maximum absolute atomic E-state index is 14.5. The Hall–Kier alpha value is -2.63. The molecule has 1 aromatic carbocycles. The van der Waals surface area contributed by atoms with E-state index in [1.54, 1.807) is 6.20 Å². The lowest BCUT2D eigenvalue weighted by atomic mass is 9.84. The van der Waals surface area contributed by atoms with E-state index in [2.05, 4.69) is 10.3 Å². The maximum Gasteiger partial charge on any atom is 0.217 e. The van der Waals surface area contributed by atoms with Gasteiger partial charge >= 0.3 is 0 Å². The first-order chi connectivity index (χ1) is 14.8. The number of carbonyl (C=O) groups excluding carboxylic acids is 1. The van der Waals surface area contributed by atoms with Crippen molar-refractivity contribution in [2.75, 3.05) is 0 Å². The highest BCUT2D eigenvalue weighted by atomic mass is 19.1. The van der Waals surface area contributed by atoms with Crippen LogP contribution in [0.25, 0.3) is 0 Å². The van der Waals surface area contributed by atoms with Gasteiger partial charge in [0.05, 0.1) is 30.1 Å². The van der Waals surface area contributed by atoms with Crippen LogP contribution in [0.5, 0.6) is 11.5 Å². The number of halogens is 1. The molecular weight excluding hydrogens is 395 g/mol. The van der Waals surface area contributed by atoms with Crippen molar-refractivity contribution < 1.29 is 18.7 Å². The first-order valence-corrected chi connectivity index (χ1v) is 11.1. The van der Waals surface area contributed by atoms with Gasteiger partial charge in [-0.3, -0.25) is 9.78 Å². The Bertz CT molecular complexity index is 870. The highest BCUT2D eigenvalue weighted by Crippen LogP contribution is 2.31. The topological polar surface area (TPSA) is 60.5 Å². The Balaban J connectivity index is 1.55. The van der Waals surface area contributed by atoms with Crippen molar-refractivity contribution >= 4 is 5.91 Å². The van der Waals surface area contributed by atoms with E-state index in [9.17, 15) is 9.18 Å². The summed E-state index contributed by atoms with van der Waals surface area (Å²) in [6.45, 7) is 7.29. The summed E-state index contributed by atoms with van der Waals surface area (Å²) in [6, 6.07) is 9.26. The molecule has 1 aromatic heterocycles. The van der Waals surface area contributed by atoms with Crippen LogP contribution in [0.1, 0.15) is 70.7 Å². The normalized spacial score (nSPS) is 19.7. The number of nitrogens with one attached hydrogen (secondary N) is 1. The molecule has 1 amide bonds. The molecule has 3 atom stereocenters. The molecule has 6 heteroatoms. The molecule has 2 aromatic rings. The average molecular weight is 429 g/mol. The zero-order valence-electron chi connectivity index (χ0n) is 18.9. The zero-order chi connectivity index (χ0) is 22.4. The second-order valence-electron chi connectivity index (χ2n) is 8.73. The molecule has 1 saturated carbocycles. The van der Waals surface area contributed by atoms with Gasteiger partial charge in [0.25, 0.3) is 0 Å². The van der Waals surface area contributed by atoms with Crippen molar-refractivity contribution in [3.63, 3.8) is 0 Å². The number of amides is 1. The molecule has 0 radical (unpaired) electrons. The molecule has 31 heavy (non-hydrogen) atoms. The predicted molar refractivity (Wildman–Crippen MR) is 119 cm³/mol. The molecule has 1 fully saturated rings. The largest absolute Gasteiger partial charge is 0.490 e. The molecule has 0 saturated heterocycles. The van der Waals surface area contributed by atoms with Gasteiger partial charge in [-0.25, -0.2) is 4.39 Å². The van der Waals surface area contributed by atoms with E-state index in [1.165, 1.54) is 13.0 Å². The molecular formula is C25H33FN2O3. The van der Waals surface area contributed by atoms with E-state index in [-0.39, 0.29) is 30.0 Å². The number of ether oxygens (including phenoxy) is 2. The van der Waals surface area contributed by atoms with Gasteiger partial charge in [0.2, 0.25) is 5.91 Å². The summed E-state index contributed by atoms with van der Waals surface area (Å²) in [7, 11) is 0. The van der Waals surface area contributed by atoms with Crippen LogP contribution in [-0.2, 0) is 11.2 Å². The number of hydrogen-bond donors (Lipinski definition) is 1. The van der Waals surface area contributed by atoms with Crippen molar-refractivity contribution in [1.82, 2.24) is 10.3 Å². The summed E-state index contributed by atoms with van der Waals surface area (Å²) < 4.78 is 26.2. The maximum atomic E-state index is 14.5. The number of benzene rings is 1. The molecule has 1 heterocycles. The fourth-order valence-electron chi connectivity index (χ4n) is 4.16. The molecule has 5 nitrogen and oxygen atoms in total. The van der Waals surface area contributed by atoms with Gasteiger partial charge in [0.1, 0.15) is 17.3 Å². The second kappa shape index (κ2) is 10.6. The van der Waals surface area contributed by atoms with Crippen LogP contribution in [0.3, 0.4) is 0 Å². The lowest BCUT2D eigenvalue weighted by molar-refractivity contribution is -0.119. The van der Waals surface area contributed by atoms with Crippen molar-refractivity contribution in [3.8, 4) is 11.5 Å². The molecule has 1 aliphatic carbocycles. The van der Waals surface area contributed by atoms with Crippen LogP contribution in [0.2, 0.25) is 0 Å². The van der Waals surface area contributed by atoms with Crippen LogP contribution < -0.4 is 14.8 Å². The van der Waals surface area contributed by atoms with Crippen LogP contribution in [0, 0.1) is 11.7 Å². The second-order valence-corrected chi connectivity index (χ2v) is 8.73. The molecule has 0 bridgehead atoms. The summed E-state index contributed by atoms with van der Waals surface area (Å²) in [5.74, 6) is 1.29. The Morgan fingerprint density at radius 3 is 2.58 bits per heavy atom. The predicted octanol–water partition coefficient (Wildman–Crippen LogP) is 5.39. The van der Waals surface area contributed by atoms with Crippen molar-refractivity contribution in [1.29, 1.82) is 0 Å². The molecule has 1 aliphatic rings. The van der Waals surface area contributed by atoms with Gasteiger partial charge in [0, 0.05) is 13.0 Å². The van der Waals surface area contributed by atoms with Gasteiger partial charge in [-0.2, -0.15) is 0 Å². The molecule has 1 N–H and O–H groups in total. The number of nitrogens with zero attached hydrogens (tertiary/aromatic N) is 1. The highest BCUT2D eigenvalue weighted by molar-refractivity contribution is 5.73. The molecule has 3 unspecified atom stereocenters. The van der Waals surface area contributed by atoms with Crippen molar-refractivity contribution in [3.05, 3.63) is 53.6 Å². The Morgan fingerprint density at radius 2 is 1.94 bits per heavy atom. The van der Waals surface area contributed by atoms with Crippen molar-refractivity contribution in [2.24, 2.45) is 5.92 Å². The lowest BCUT2D eigenvalue weighted by Crippen LogP contribution is -2.27. The highest BCUT2D eigenvalue weighted by Gasteiger charge is 2.25. The lowest BCUT2D eigenvalue weighted by Gasteiger charge is -2.29. The minimum Gasteiger partial charge on any atom is -0.490 e. The van der Waals surface area contributed by atoms with E-state index in [4.69, 9.17) is 9.47 Å². The average Bonchev–Trinajstić information content (AvgIpc) is 2.70. The van der Waals surface area contributed by atoms with E-state index >= 15 is 0 Å². The van der Waals surface area contributed by atoms with Crippen LogP contribution in [0.4, 0.5) is 4.39 Å². The third-order valence-corrected chi connectivity index (χ3v) is 5.58. The monoisotopic (exact) mass is 428 g/mol. The van der Waals surface area contributed by atoms with Crippen LogP contribution >= 0.6 is 0 Å². The fraction of sp³-hybridized carbons (Fsp3) is 0.520. The number of aromatic nitrogens is 1. The summed E-state index contributed by atoms with van der Waals surface area (Å²) in [5, 5.41) is 2.88. The molecule has 0 spiro atoms.